The predicted octanol–water partition coefficient (Wildman–Crippen LogP) is 1.03. The second-order valence-corrected chi connectivity index (χ2v) is 6.72. The summed E-state index contributed by atoms with van der Waals surface area (Å²) in [4.78, 5) is 1.20. The average molecular weight is 248 g/mol. The minimum absolute atomic E-state index is 0.515. The van der Waals surface area contributed by atoms with Crippen molar-refractivity contribution in [1.82, 2.24) is 8.61 Å². The van der Waals surface area contributed by atoms with Gasteiger partial charge in [0.1, 0.15) is 0 Å². The zero-order chi connectivity index (χ0) is 11.5. The zero-order valence-electron chi connectivity index (χ0n) is 9.17. The van der Waals surface area contributed by atoms with Crippen LogP contribution in [0.4, 0.5) is 0 Å². The van der Waals surface area contributed by atoms with Crippen molar-refractivity contribution < 1.29 is 8.42 Å². The van der Waals surface area contributed by atoms with Crippen LogP contribution in [-0.2, 0) is 16.6 Å². The van der Waals surface area contributed by atoms with E-state index in [9.17, 15) is 8.42 Å². The minimum atomic E-state index is -3.26. The number of thiophene rings is 1. The third-order valence-corrected chi connectivity index (χ3v) is 4.94. The third-order valence-electron chi connectivity index (χ3n) is 2.11. The van der Waals surface area contributed by atoms with E-state index in [1.54, 1.807) is 18.4 Å². The fourth-order valence-corrected chi connectivity index (χ4v) is 2.69. The molecule has 0 atom stereocenters. The van der Waals surface area contributed by atoms with Gasteiger partial charge in [0.2, 0.25) is 0 Å². The van der Waals surface area contributed by atoms with Crippen molar-refractivity contribution in [1.29, 1.82) is 0 Å². The molecule has 0 unspecified atom stereocenters. The highest BCUT2D eigenvalue weighted by Crippen LogP contribution is 2.10. The van der Waals surface area contributed by atoms with Gasteiger partial charge in [-0.2, -0.15) is 17.0 Å². The van der Waals surface area contributed by atoms with E-state index in [1.165, 1.54) is 27.6 Å². The lowest BCUT2D eigenvalue weighted by atomic mass is 10.3. The van der Waals surface area contributed by atoms with E-state index >= 15 is 0 Å². The predicted molar refractivity (Wildman–Crippen MR) is 63.3 cm³/mol. The van der Waals surface area contributed by atoms with Crippen molar-refractivity contribution in [3.8, 4) is 0 Å². The number of nitrogens with zero attached hydrogens (tertiary/aromatic N) is 2. The SMILES string of the molecule is CN(C)S(=O)(=O)N(C)CCc1cccs1. The molecule has 0 spiro atoms. The van der Waals surface area contributed by atoms with Gasteiger partial charge in [0.15, 0.2) is 0 Å². The monoisotopic (exact) mass is 248 g/mol. The summed E-state index contributed by atoms with van der Waals surface area (Å²) < 4.78 is 25.9. The van der Waals surface area contributed by atoms with E-state index in [1.807, 2.05) is 17.5 Å². The first-order valence-electron chi connectivity index (χ1n) is 4.61. The molecule has 0 fully saturated rings. The van der Waals surface area contributed by atoms with Gasteiger partial charge in [0, 0.05) is 32.6 Å². The van der Waals surface area contributed by atoms with Gasteiger partial charge in [-0.05, 0) is 17.9 Å². The Bertz CT molecular complexity index is 384. The molecule has 1 heterocycles. The van der Waals surface area contributed by atoms with E-state index in [-0.39, 0.29) is 0 Å². The maximum absolute atomic E-state index is 11.6. The highest BCUT2D eigenvalue weighted by atomic mass is 32.2. The lowest BCUT2D eigenvalue weighted by molar-refractivity contribution is 0.420. The Labute approximate surface area is 95.3 Å². The third kappa shape index (κ3) is 3.27. The van der Waals surface area contributed by atoms with Crippen LogP contribution in [0.3, 0.4) is 0 Å². The minimum Gasteiger partial charge on any atom is -0.195 e. The van der Waals surface area contributed by atoms with Crippen molar-refractivity contribution in [3.05, 3.63) is 22.4 Å². The number of rotatable bonds is 5. The molecule has 86 valence electrons. The van der Waals surface area contributed by atoms with Crippen LogP contribution in [0.2, 0.25) is 0 Å². The summed E-state index contributed by atoms with van der Waals surface area (Å²) in [5.41, 5.74) is 0. The summed E-state index contributed by atoms with van der Waals surface area (Å²) in [5, 5.41) is 2.00. The molecule has 1 aromatic rings. The van der Waals surface area contributed by atoms with E-state index in [0.717, 1.165) is 6.42 Å². The molecule has 4 nitrogen and oxygen atoms in total. The quantitative estimate of drug-likeness (QED) is 0.781. The summed E-state index contributed by atoms with van der Waals surface area (Å²) in [6.07, 6.45) is 0.765. The molecule has 0 aliphatic carbocycles. The Balaban J connectivity index is 2.53. The lowest BCUT2D eigenvalue weighted by Crippen LogP contribution is -2.38. The summed E-state index contributed by atoms with van der Waals surface area (Å²) in [6.45, 7) is 0.515. The fourth-order valence-electron chi connectivity index (χ4n) is 1.12. The number of likely N-dealkylation sites (N-methyl/N-ethyl adjacent to an activating group) is 1. The summed E-state index contributed by atoms with van der Waals surface area (Å²) in [6, 6.07) is 3.99. The smallest absolute Gasteiger partial charge is 0.195 e. The van der Waals surface area contributed by atoms with Crippen LogP contribution in [0.25, 0.3) is 0 Å². The molecule has 0 aliphatic heterocycles. The van der Waals surface area contributed by atoms with Crippen molar-refractivity contribution in [3.63, 3.8) is 0 Å². The molecule has 0 saturated heterocycles. The summed E-state index contributed by atoms with van der Waals surface area (Å²) >= 11 is 1.65. The molecule has 1 aromatic heterocycles. The second kappa shape index (κ2) is 5.07. The molecule has 0 bridgehead atoms. The molecule has 0 aromatic carbocycles. The van der Waals surface area contributed by atoms with Crippen LogP contribution in [0.15, 0.2) is 17.5 Å². The molecule has 6 heteroatoms. The van der Waals surface area contributed by atoms with E-state index in [4.69, 9.17) is 0 Å². The van der Waals surface area contributed by atoms with Crippen LogP contribution >= 0.6 is 11.3 Å². The Morgan fingerprint density at radius 2 is 2.00 bits per heavy atom. The zero-order valence-corrected chi connectivity index (χ0v) is 10.8. The lowest BCUT2D eigenvalue weighted by Gasteiger charge is -2.20. The molecule has 15 heavy (non-hydrogen) atoms. The van der Waals surface area contributed by atoms with Gasteiger partial charge in [-0.3, -0.25) is 0 Å². The number of hydrogen-bond donors (Lipinski definition) is 0. The second-order valence-electron chi connectivity index (χ2n) is 3.44. The van der Waals surface area contributed by atoms with Crippen molar-refractivity contribution in [2.24, 2.45) is 0 Å². The standard InChI is InChI=1S/C9H16N2O2S2/c1-10(2)15(12,13)11(3)7-6-9-5-4-8-14-9/h4-5,8H,6-7H2,1-3H3. The average Bonchev–Trinajstić information content (AvgIpc) is 2.66. The molecule has 0 radical (unpaired) electrons. The molecule has 0 N–H and O–H groups in total. The van der Waals surface area contributed by atoms with Crippen LogP contribution in [-0.4, -0.2) is 44.7 Å². The van der Waals surface area contributed by atoms with Crippen LogP contribution < -0.4 is 0 Å². The molecular formula is C9H16N2O2S2. The fraction of sp³-hybridized carbons (Fsp3) is 0.556. The van der Waals surface area contributed by atoms with E-state index in [0.29, 0.717) is 6.54 Å². The highest BCUT2D eigenvalue weighted by Gasteiger charge is 2.19. The molecular weight excluding hydrogens is 232 g/mol. The Hall–Kier alpha value is -0.430. The van der Waals surface area contributed by atoms with Gasteiger partial charge in [-0.15, -0.1) is 11.3 Å². The Morgan fingerprint density at radius 3 is 2.47 bits per heavy atom. The van der Waals surface area contributed by atoms with E-state index < -0.39 is 10.2 Å². The molecule has 1 rings (SSSR count). The molecule has 0 saturated carbocycles. The van der Waals surface area contributed by atoms with E-state index in [2.05, 4.69) is 0 Å². The van der Waals surface area contributed by atoms with Gasteiger partial charge >= 0.3 is 0 Å². The maximum atomic E-state index is 11.6. The van der Waals surface area contributed by atoms with Gasteiger partial charge < -0.3 is 0 Å². The van der Waals surface area contributed by atoms with Gasteiger partial charge in [0.05, 0.1) is 0 Å². The highest BCUT2D eigenvalue weighted by molar-refractivity contribution is 7.86. The first-order valence-corrected chi connectivity index (χ1v) is 6.88. The van der Waals surface area contributed by atoms with Gasteiger partial charge in [0.25, 0.3) is 10.2 Å². The first kappa shape index (κ1) is 12.6. The van der Waals surface area contributed by atoms with Gasteiger partial charge in [-0.25, -0.2) is 0 Å². The Kier molecular flexibility index (Phi) is 4.27. The van der Waals surface area contributed by atoms with Crippen molar-refractivity contribution in [2.75, 3.05) is 27.7 Å². The van der Waals surface area contributed by atoms with Crippen molar-refractivity contribution in [2.45, 2.75) is 6.42 Å². The first-order chi connectivity index (χ1) is 6.94. The van der Waals surface area contributed by atoms with Crippen LogP contribution in [0, 0.1) is 0 Å². The van der Waals surface area contributed by atoms with Crippen LogP contribution in [0.5, 0.6) is 0 Å². The normalized spacial score (nSPS) is 12.6. The Morgan fingerprint density at radius 1 is 1.33 bits per heavy atom. The number of hydrogen-bond acceptors (Lipinski definition) is 3. The summed E-state index contributed by atoms with van der Waals surface area (Å²) in [5.74, 6) is 0. The van der Waals surface area contributed by atoms with Crippen LogP contribution in [0.1, 0.15) is 4.88 Å². The maximum Gasteiger partial charge on any atom is 0.281 e. The molecule has 0 amide bonds. The topological polar surface area (TPSA) is 40.6 Å². The molecule has 0 aliphatic rings. The van der Waals surface area contributed by atoms with Crippen molar-refractivity contribution >= 4 is 21.5 Å². The summed E-state index contributed by atoms with van der Waals surface area (Å²) in [7, 11) is 1.42. The van der Waals surface area contributed by atoms with Gasteiger partial charge in [-0.1, -0.05) is 6.07 Å². The largest absolute Gasteiger partial charge is 0.281 e.